The van der Waals surface area contributed by atoms with Gasteiger partial charge in [-0.1, -0.05) is 42.5 Å². The number of carbonyl (C=O) groups excluding carboxylic acids is 2. The molecule has 0 aliphatic carbocycles. The van der Waals surface area contributed by atoms with Crippen LogP contribution in [0, 0.1) is 5.92 Å². The molecule has 0 unspecified atom stereocenters. The number of aryl methyl sites for hydroxylation is 2. The van der Waals surface area contributed by atoms with Crippen LogP contribution in [0.3, 0.4) is 0 Å². The third kappa shape index (κ3) is 5.54. The van der Waals surface area contributed by atoms with E-state index in [0.29, 0.717) is 25.2 Å². The summed E-state index contributed by atoms with van der Waals surface area (Å²) in [5.41, 5.74) is 10.1. The Kier molecular flexibility index (Phi) is 6.70. The Bertz CT molecular complexity index is 1030. The van der Waals surface area contributed by atoms with Crippen molar-refractivity contribution in [3.05, 3.63) is 71.4 Å². The second kappa shape index (κ2) is 9.82. The number of piperidine rings is 1. The first-order chi connectivity index (χ1) is 15.1. The van der Waals surface area contributed by atoms with Gasteiger partial charge in [0, 0.05) is 43.0 Å². The number of fused-ring (bicyclic) bond motifs is 1. The van der Waals surface area contributed by atoms with Gasteiger partial charge in [-0.25, -0.2) is 0 Å². The van der Waals surface area contributed by atoms with Crippen LogP contribution >= 0.6 is 0 Å². The summed E-state index contributed by atoms with van der Waals surface area (Å²) in [5, 5.41) is 1.22. The number of aromatic amines is 1. The fraction of sp³-hybridized carbons (Fsp3) is 0.385. The van der Waals surface area contributed by atoms with Gasteiger partial charge < -0.3 is 15.6 Å². The molecule has 162 valence electrons. The normalized spacial score (nSPS) is 14.8. The van der Waals surface area contributed by atoms with Crippen molar-refractivity contribution in [1.82, 2.24) is 9.88 Å². The lowest BCUT2D eigenvalue weighted by Gasteiger charge is -2.32. The van der Waals surface area contributed by atoms with Crippen LogP contribution in [-0.4, -0.2) is 34.8 Å². The van der Waals surface area contributed by atoms with E-state index < -0.39 is 0 Å². The molecule has 0 bridgehead atoms. The zero-order valence-electron chi connectivity index (χ0n) is 18.0. The number of primary amides is 1. The SMILES string of the molecule is NC(=O)CCc1ccc(CC2CCN(C(=O)CCc3c[nH]c4ccccc34)CC2)cc1. The quantitative estimate of drug-likeness (QED) is 0.581. The molecule has 1 aliphatic rings. The van der Waals surface area contributed by atoms with E-state index in [4.69, 9.17) is 5.73 Å². The maximum Gasteiger partial charge on any atom is 0.222 e. The average molecular weight is 418 g/mol. The molecule has 0 atom stereocenters. The summed E-state index contributed by atoms with van der Waals surface area (Å²) in [4.78, 5) is 29.0. The maximum atomic E-state index is 12.7. The number of para-hydroxylation sites is 1. The highest BCUT2D eigenvalue weighted by Gasteiger charge is 2.23. The Hall–Kier alpha value is -3.08. The molecule has 3 aromatic rings. The van der Waals surface area contributed by atoms with Crippen molar-refractivity contribution < 1.29 is 9.59 Å². The molecule has 0 radical (unpaired) electrons. The number of nitrogens with one attached hydrogen (secondary N) is 1. The van der Waals surface area contributed by atoms with Crippen LogP contribution in [0.1, 0.15) is 42.4 Å². The smallest absolute Gasteiger partial charge is 0.222 e. The number of nitrogens with two attached hydrogens (primary N) is 1. The second-order valence-electron chi connectivity index (χ2n) is 8.67. The van der Waals surface area contributed by atoms with E-state index in [9.17, 15) is 9.59 Å². The number of hydrogen-bond donors (Lipinski definition) is 2. The molecule has 0 spiro atoms. The number of H-pyrrole nitrogens is 1. The first-order valence-electron chi connectivity index (χ1n) is 11.3. The molecule has 1 aromatic heterocycles. The number of nitrogens with zero attached hydrogens (tertiary/aromatic N) is 1. The Morgan fingerprint density at radius 1 is 0.935 bits per heavy atom. The van der Waals surface area contributed by atoms with Gasteiger partial charge in [0.1, 0.15) is 0 Å². The Morgan fingerprint density at radius 3 is 2.39 bits per heavy atom. The van der Waals surface area contributed by atoms with Crippen molar-refractivity contribution in [3.63, 3.8) is 0 Å². The first kappa shape index (κ1) is 21.2. The number of amides is 2. The van der Waals surface area contributed by atoms with Gasteiger partial charge in [0.25, 0.3) is 0 Å². The molecule has 5 nitrogen and oxygen atoms in total. The van der Waals surface area contributed by atoms with Gasteiger partial charge in [-0.2, -0.15) is 0 Å². The summed E-state index contributed by atoms with van der Waals surface area (Å²) in [6.45, 7) is 1.71. The van der Waals surface area contributed by atoms with Crippen molar-refractivity contribution in [2.24, 2.45) is 11.7 Å². The van der Waals surface area contributed by atoms with E-state index in [1.807, 2.05) is 23.2 Å². The number of aromatic nitrogens is 1. The molecule has 2 amide bonds. The average Bonchev–Trinajstić information content (AvgIpc) is 3.20. The second-order valence-corrected chi connectivity index (χ2v) is 8.67. The third-order valence-electron chi connectivity index (χ3n) is 6.46. The lowest BCUT2D eigenvalue weighted by atomic mass is 9.89. The van der Waals surface area contributed by atoms with Crippen LogP contribution in [-0.2, 0) is 28.9 Å². The molecule has 3 N–H and O–H groups in total. The molecule has 2 aromatic carbocycles. The van der Waals surface area contributed by atoms with Crippen molar-refractivity contribution >= 4 is 22.7 Å². The lowest BCUT2D eigenvalue weighted by Crippen LogP contribution is -2.39. The zero-order chi connectivity index (χ0) is 21.6. The van der Waals surface area contributed by atoms with Crippen molar-refractivity contribution in [1.29, 1.82) is 0 Å². The van der Waals surface area contributed by atoms with Gasteiger partial charge in [-0.3, -0.25) is 9.59 Å². The highest BCUT2D eigenvalue weighted by Crippen LogP contribution is 2.24. The van der Waals surface area contributed by atoms with Crippen LogP contribution in [0.2, 0.25) is 0 Å². The fourth-order valence-corrected chi connectivity index (χ4v) is 4.57. The van der Waals surface area contributed by atoms with Crippen LogP contribution < -0.4 is 5.73 Å². The first-order valence-corrected chi connectivity index (χ1v) is 11.3. The monoisotopic (exact) mass is 417 g/mol. The standard InChI is InChI=1S/C26H31N3O2/c27-25(30)11-9-19-5-7-20(8-6-19)17-21-13-15-29(16-14-21)26(31)12-10-22-18-28-24-4-2-1-3-23(22)24/h1-8,18,21,28H,9-17H2,(H2,27,30). The fourth-order valence-electron chi connectivity index (χ4n) is 4.57. The molecule has 0 saturated carbocycles. The maximum absolute atomic E-state index is 12.7. The van der Waals surface area contributed by atoms with Crippen LogP contribution in [0.15, 0.2) is 54.7 Å². The zero-order valence-corrected chi connectivity index (χ0v) is 18.0. The number of hydrogen-bond acceptors (Lipinski definition) is 2. The van der Waals surface area contributed by atoms with Crippen LogP contribution in [0.5, 0.6) is 0 Å². The van der Waals surface area contributed by atoms with E-state index in [1.165, 1.54) is 16.5 Å². The summed E-state index contributed by atoms with van der Waals surface area (Å²) >= 11 is 0. The van der Waals surface area contributed by atoms with Crippen molar-refractivity contribution in [2.45, 2.75) is 44.9 Å². The van der Waals surface area contributed by atoms with E-state index in [2.05, 4.69) is 41.4 Å². The summed E-state index contributed by atoms with van der Waals surface area (Å²) in [7, 11) is 0. The Balaban J connectivity index is 1.22. The minimum absolute atomic E-state index is 0.258. The highest BCUT2D eigenvalue weighted by molar-refractivity contribution is 5.84. The van der Waals surface area contributed by atoms with E-state index >= 15 is 0 Å². The van der Waals surface area contributed by atoms with Gasteiger partial charge in [0.2, 0.25) is 11.8 Å². The number of benzene rings is 2. The highest BCUT2D eigenvalue weighted by atomic mass is 16.2. The van der Waals surface area contributed by atoms with Gasteiger partial charge in [-0.05, 0) is 60.8 Å². The van der Waals surface area contributed by atoms with Gasteiger partial charge in [0.05, 0.1) is 0 Å². The van der Waals surface area contributed by atoms with Crippen molar-refractivity contribution in [3.8, 4) is 0 Å². The van der Waals surface area contributed by atoms with E-state index in [1.54, 1.807) is 0 Å². The summed E-state index contributed by atoms with van der Waals surface area (Å²) in [5.74, 6) is 0.628. The molecule has 1 fully saturated rings. The molecule has 5 heteroatoms. The predicted molar refractivity (Wildman–Crippen MR) is 124 cm³/mol. The number of likely N-dealkylation sites (tertiary alicyclic amines) is 1. The van der Waals surface area contributed by atoms with E-state index in [-0.39, 0.29) is 11.8 Å². The van der Waals surface area contributed by atoms with Crippen LogP contribution in [0.25, 0.3) is 10.9 Å². The molecule has 1 saturated heterocycles. The molecule has 31 heavy (non-hydrogen) atoms. The molecule has 4 rings (SSSR count). The van der Waals surface area contributed by atoms with Gasteiger partial charge in [0.15, 0.2) is 0 Å². The Morgan fingerprint density at radius 2 is 1.65 bits per heavy atom. The van der Waals surface area contributed by atoms with Gasteiger partial charge >= 0.3 is 0 Å². The number of rotatable bonds is 8. The largest absolute Gasteiger partial charge is 0.370 e. The van der Waals surface area contributed by atoms with Crippen LogP contribution in [0.4, 0.5) is 0 Å². The minimum atomic E-state index is -0.258. The van der Waals surface area contributed by atoms with Crippen molar-refractivity contribution in [2.75, 3.05) is 13.1 Å². The summed E-state index contributed by atoms with van der Waals surface area (Å²) in [6.07, 6.45) is 7.65. The summed E-state index contributed by atoms with van der Waals surface area (Å²) in [6, 6.07) is 16.8. The minimum Gasteiger partial charge on any atom is -0.370 e. The molecular formula is C26H31N3O2. The predicted octanol–water partition coefficient (Wildman–Crippen LogP) is 4.00. The van der Waals surface area contributed by atoms with Gasteiger partial charge in [-0.15, -0.1) is 0 Å². The molecule has 2 heterocycles. The number of carbonyl (C=O) groups is 2. The lowest BCUT2D eigenvalue weighted by molar-refractivity contribution is -0.132. The Labute approximate surface area is 183 Å². The summed E-state index contributed by atoms with van der Waals surface area (Å²) < 4.78 is 0. The third-order valence-corrected chi connectivity index (χ3v) is 6.46. The topological polar surface area (TPSA) is 79.2 Å². The molecule has 1 aliphatic heterocycles. The molecular weight excluding hydrogens is 386 g/mol. The van der Waals surface area contributed by atoms with E-state index in [0.717, 1.165) is 49.9 Å².